The molecule has 7 nitrogen and oxygen atoms in total. The number of H-pyrrole nitrogens is 1. The molecule has 0 bridgehead atoms. The van der Waals surface area contributed by atoms with Gasteiger partial charge in [0.1, 0.15) is 23.3 Å². The van der Waals surface area contributed by atoms with Crippen molar-refractivity contribution in [3.8, 4) is 0 Å². The van der Waals surface area contributed by atoms with Gasteiger partial charge in [-0.05, 0) is 55.7 Å². The highest BCUT2D eigenvalue weighted by Crippen LogP contribution is 2.41. The molecule has 3 aromatic heterocycles. The number of aromatic nitrogens is 4. The Morgan fingerprint density at radius 3 is 2.45 bits per heavy atom. The Morgan fingerprint density at radius 2 is 1.62 bits per heavy atom. The Balaban J connectivity index is 1.57. The fourth-order valence-corrected chi connectivity index (χ4v) is 6.36. The van der Waals surface area contributed by atoms with E-state index in [9.17, 15) is 0 Å². The van der Waals surface area contributed by atoms with Crippen LogP contribution in [0.1, 0.15) is 43.2 Å². The quantitative estimate of drug-likeness (QED) is 0.646. The van der Waals surface area contributed by atoms with Gasteiger partial charge in [0.15, 0.2) is 10.6 Å². The fraction of sp³-hybridized carbons (Fsp3) is 0.619. The topological polar surface area (TPSA) is 68.5 Å². The molecule has 3 aromatic rings. The van der Waals surface area contributed by atoms with Gasteiger partial charge in [-0.1, -0.05) is 11.3 Å². The van der Waals surface area contributed by atoms with Crippen LogP contribution in [-0.2, 0) is 17.6 Å². The third-order valence-electron chi connectivity index (χ3n) is 6.64. The number of aryl methyl sites for hydroxylation is 1. The molecule has 2 fully saturated rings. The summed E-state index contributed by atoms with van der Waals surface area (Å²) in [5.41, 5.74) is 4.02. The van der Waals surface area contributed by atoms with E-state index < -0.39 is 0 Å². The molecule has 1 N–H and O–H groups in total. The maximum absolute atomic E-state index is 5.60. The van der Waals surface area contributed by atoms with Gasteiger partial charge in [-0.2, -0.15) is 0 Å². The monoisotopic (exact) mass is 411 g/mol. The summed E-state index contributed by atoms with van der Waals surface area (Å²) in [7, 11) is 0. The number of hydrogen-bond donors (Lipinski definition) is 0. The normalized spacial score (nSPS) is 20.4. The molecule has 0 radical (unpaired) electrons. The van der Waals surface area contributed by atoms with Gasteiger partial charge in [-0.15, -0.1) is 10.2 Å². The summed E-state index contributed by atoms with van der Waals surface area (Å²) in [6.45, 7) is 5.67. The number of rotatable bonds is 2. The highest BCUT2D eigenvalue weighted by molar-refractivity contribution is 7.25. The first-order valence-corrected chi connectivity index (χ1v) is 11.8. The molecule has 0 saturated carbocycles. The highest BCUT2D eigenvalue weighted by Gasteiger charge is 2.31. The maximum atomic E-state index is 5.60. The number of anilines is 2. The van der Waals surface area contributed by atoms with E-state index in [2.05, 4.69) is 30.2 Å². The van der Waals surface area contributed by atoms with Crippen molar-refractivity contribution in [3.63, 3.8) is 0 Å². The molecule has 152 valence electrons. The number of aromatic amines is 1. The number of piperidine rings is 1. The van der Waals surface area contributed by atoms with Crippen molar-refractivity contribution in [2.75, 3.05) is 49.2 Å². The Morgan fingerprint density at radius 1 is 0.828 bits per heavy atom. The zero-order chi connectivity index (χ0) is 19.2. The summed E-state index contributed by atoms with van der Waals surface area (Å²) in [4.78, 5) is 9.93. The highest BCUT2D eigenvalue weighted by atomic mass is 32.1. The molecule has 0 atom stereocenters. The minimum absolute atomic E-state index is 0.807. The van der Waals surface area contributed by atoms with E-state index in [0.717, 1.165) is 63.6 Å². The smallest absolute Gasteiger partial charge is 0.279 e. The van der Waals surface area contributed by atoms with Gasteiger partial charge in [0.25, 0.3) is 5.82 Å². The summed E-state index contributed by atoms with van der Waals surface area (Å²) in [5, 5.41) is 14.5. The van der Waals surface area contributed by atoms with Gasteiger partial charge in [-0.3, -0.25) is 4.90 Å². The second-order valence-electron chi connectivity index (χ2n) is 8.38. The van der Waals surface area contributed by atoms with Crippen LogP contribution < -0.4 is 14.8 Å². The Labute approximate surface area is 174 Å². The molecule has 8 heteroatoms. The van der Waals surface area contributed by atoms with E-state index >= 15 is 0 Å². The number of nitrogens with zero attached hydrogens (tertiary/aromatic N) is 5. The molecule has 0 aromatic carbocycles. The number of thiophene rings is 1. The second-order valence-corrected chi connectivity index (χ2v) is 9.40. The lowest BCUT2D eigenvalue weighted by atomic mass is 9.90. The van der Waals surface area contributed by atoms with Crippen LogP contribution in [0, 0.1) is 0 Å². The fourth-order valence-electron chi connectivity index (χ4n) is 5.19. The molecular formula is C21H27N6OS+. The number of ether oxygens (including phenoxy) is 1. The first kappa shape index (κ1) is 17.8. The van der Waals surface area contributed by atoms with Crippen LogP contribution in [0.15, 0.2) is 0 Å². The third kappa shape index (κ3) is 2.95. The van der Waals surface area contributed by atoms with Gasteiger partial charge in [-0.25, -0.2) is 4.98 Å². The number of morpholine rings is 1. The Bertz CT molecular complexity index is 1050. The Hall–Kier alpha value is -2.06. The lowest BCUT2D eigenvalue weighted by Gasteiger charge is -2.27. The van der Waals surface area contributed by atoms with Crippen molar-refractivity contribution in [2.45, 2.75) is 44.9 Å². The van der Waals surface area contributed by atoms with Crippen LogP contribution in [0.25, 0.3) is 20.4 Å². The van der Waals surface area contributed by atoms with Gasteiger partial charge >= 0.3 is 0 Å². The zero-order valence-electron chi connectivity index (χ0n) is 16.7. The van der Waals surface area contributed by atoms with E-state index in [1.807, 2.05) is 11.3 Å². The number of pyridine rings is 1. The molecule has 3 aliphatic rings. The minimum atomic E-state index is 0.807. The van der Waals surface area contributed by atoms with Crippen LogP contribution >= 0.6 is 11.3 Å². The van der Waals surface area contributed by atoms with Crippen LogP contribution in [0.4, 0.5) is 11.6 Å². The van der Waals surface area contributed by atoms with Crippen molar-refractivity contribution in [3.05, 3.63) is 11.1 Å². The second kappa shape index (κ2) is 7.32. The predicted molar refractivity (Wildman–Crippen MR) is 115 cm³/mol. The predicted octanol–water partition coefficient (Wildman–Crippen LogP) is 2.76. The molecule has 29 heavy (non-hydrogen) atoms. The molecule has 0 unspecified atom stereocenters. The molecule has 0 amide bonds. The number of nitrogens with one attached hydrogen (secondary N) is 1. The summed E-state index contributed by atoms with van der Waals surface area (Å²) < 4.78 is 6.79. The van der Waals surface area contributed by atoms with E-state index in [4.69, 9.17) is 4.74 Å². The van der Waals surface area contributed by atoms with Gasteiger partial charge in [0.05, 0.1) is 18.6 Å². The molecule has 0 spiro atoms. The van der Waals surface area contributed by atoms with E-state index in [0.29, 0.717) is 0 Å². The van der Waals surface area contributed by atoms with Gasteiger partial charge < -0.3 is 9.64 Å². The number of hydrogen-bond acceptors (Lipinski definition) is 7. The zero-order valence-corrected chi connectivity index (χ0v) is 17.6. The van der Waals surface area contributed by atoms with Crippen molar-refractivity contribution in [2.24, 2.45) is 0 Å². The summed E-state index contributed by atoms with van der Waals surface area (Å²) in [6.07, 6.45) is 8.57. The first-order chi connectivity index (χ1) is 14.4. The molecule has 2 aliphatic heterocycles. The van der Waals surface area contributed by atoms with Gasteiger partial charge in [0.2, 0.25) is 0 Å². The standard InChI is InChI=1S/C21H26N6OS/c1-4-8-26(9-5-1)20-18-17(23-25-24-20)16-14-6-2-3-7-15(14)19(22-21(16)29-18)27-10-12-28-13-11-27/h1-13H2/p+1. The molecule has 5 heterocycles. The van der Waals surface area contributed by atoms with Crippen molar-refractivity contribution in [1.29, 1.82) is 0 Å². The lowest BCUT2D eigenvalue weighted by molar-refractivity contribution is -0.328. The van der Waals surface area contributed by atoms with Crippen molar-refractivity contribution < 1.29 is 9.72 Å². The Kier molecular flexibility index (Phi) is 4.49. The maximum Gasteiger partial charge on any atom is 0.279 e. The molecular weight excluding hydrogens is 384 g/mol. The SMILES string of the molecule is C1CCN(c2nnnc3c2sc2[nH+]c(N4CCOCC4)c4c(c23)CCCC4)CC1. The van der Waals surface area contributed by atoms with Crippen LogP contribution in [0.5, 0.6) is 0 Å². The molecule has 6 rings (SSSR count). The van der Waals surface area contributed by atoms with E-state index in [-0.39, 0.29) is 0 Å². The molecule has 1 aliphatic carbocycles. The first-order valence-electron chi connectivity index (χ1n) is 11.0. The van der Waals surface area contributed by atoms with Crippen LogP contribution in [0.2, 0.25) is 0 Å². The van der Waals surface area contributed by atoms with E-state index in [1.165, 1.54) is 64.0 Å². The summed E-state index contributed by atoms with van der Waals surface area (Å²) in [6, 6.07) is 0. The minimum Gasteiger partial charge on any atom is -0.373 e. The van der Waals surface area contributed by atoms with Crippen LogP contribution in [0.3, 0.4) is 0 Å². The van der Waals surface area contributed by atoms with Crippen molar-refractivity contribution >= 4 is 43.4 Å². The van der Waals surface area contributed by atoms with Crippen LogP contribution in [-0.4, -0.2) is 54.8 Å². The average Bonchev–Trinajstić information content (AvgIpc) is 3.18. The van der Waals surface area contributed by atoms with E-state index in [1.54, 1.807) is 0 Å². The summed E-state index contributed by atoms with van der Waals surface area (Å²) >= 11 is 1.81. The lowest BCUT2D eigenvalue weighted by Crippen LogP contribution is -2.40. The number of fused-ring (bicyclic) bond motifs is 5. The molecule has 2 saturated heterocycles. The third-order valence-corrected chi connectivity index (χ3v) is 7.73. The van der Waals surface area contributed by atoms with Crippen molar-refractivity contribution in [1.82, 2.24) is 15.4 Å². The average molecular weight is 412 g/mol. The summed E-state index contributed by atoms with van der Waals surface area (Å²) in [5.74, 6) is 2.34. The largest absolute Gasteiger partial charge is 0.373 e. The van der Waals surface area contributed by atoms with Gasteiger partial charge in [0, 0.05) is 18.7 Å².